The Kier molecular flexibility index (Phi) is 3.11. The van der Waals surface area contributed by atoms with Crippen molar-refractivity contribution in [2.75, 3.05) is 12.4 Å². The number of anilines is 1. The lowest BCUT2D eigenvalue weighted by molar-refractivity contribution is -0.137. The Morgan fingerprint density at radius 2 is 1.94 bits per heavy atom. The van der Waals surface area contributed by atoms with E-state index in [1.165, 1.54) is 14.0 Å². The smallest absolute Gasteiger partial charge is 0.416 e. The molecule has 0 aliphatic heterocycles. The minimum Gasteiger partial charge on any atom is -0.478 e. The minimum atomic E-state index is -4.55. The second-order valence-electron chi connectivity index (χ2n) is 3.25. The quantitative estimate of drug-likeness (QED) is 0.825. The molecule has 0 aliphatic rings. The zero-order valence-electron chi connectivity index (χ0n) is 8.64. The van der Waals surface area contributed by atoms with Gasteiger partial charge in [0.05, 0.1) is 11.1 Å². The summed E-state index contributed by atoms with van der Waals surface area (Å²) >= 11 is 0. The van der Waals surface area contributed by atoms with Crippen LogP contribution in [-0.2, 0) is 6.18 Å². The van der Waals surface area contributed by atoms with Gasteiger partial charge in [-0.25, -0.2) is 4.79 Å². The zero-order chi connectivity index (χ0) is 12.5. The SMILES string of the molecule is CNc1cc(C(F)(F)F)cc(C(=O)O)c1C. The summed E-state index contributed by atoms with van der Waals surface area (Å²) in [7, 11) is 1.44. The van der Waals surface area contributed by atoms with Crippen molar-refractivity contribution < 1.29 is 23.1 Å². The van der Waals surface area contributed by atoms with Crippen molar-refractivity contribution in [3.8, 4) is 0 Å². The fourth-order valence-corrected chi connectivity index (χ4v) is 1.36. The van der Waals surface area contributed by atoms with Crippen LogP contribution in [-0.4, -0.2) is 18.1 Å². The molecule has 2 N–H and O–H groups in total. The molecule has 0 bridgehead atoms. The van der Waals surface area contributed by atoms with Crippen LogP contribution in [0.1, 0.15) is 21.5 Å². The fraction of sp³-hybridized carbons (Fsp3) is 0.300. The molecule has 0 spiro atoms. The van der Waals surface area contributed by atoms with Gasteiger partial charge in [-0.15, -0.1) is 0 Å². The van der Waals surface area contributed by atoms with Gasteiger partial charge in [-0.2, -0.15) is 13.2 Å². The van der Waals surface area contributed by atoms with Gasteiger partial charge in [0.1, 0.15) is 0 Å². The van der Waals surface area contributed by atoms with E-state index in [0.29, 0.717) is 6.07 Å². The highest BCUT2D eigenvalue weighted by Gasteiger charge is 2.32. The fourth-order valence-electron chi connectivity index (χ4n) is 1.36. The van der Waals surface area contributed by atoms with Gasteiger partial charge in [0.25, 0.3) is 0 Å². The molecule has 0 aliphatic carbocycles. The highest BCUT2D eigenvalue weighted by atomic mass is 19.4. The molecule has 16 heavy (non-hydrogen) atoms. The molecule has 1 aromatic carbocycles. The molecule has 0 fully saturated rings. The lowest BCUT2D eigenvalue weighted by Gasteiger charge is -2.13. The summed E-state index contributed by atoms with van der Waals surface area (Å²) in [5.41, 5.74) is -0.880. The monoisotopic (exact) mass is 233 g/mol. The molecule has 0 saturated carbocycles. The summed E-state index contributed by atoms with van der Waals surface area (Å²) < 4.78 is 37.4. The standard InChI is InChI=1S/C10H10F3NO2/c1-5-7(9(15)16)3-6(10(11,12)13)4-8(5)14-2/h3-4,14H,1-2H3,(H,15,16). The molecule has 1 rings (SSSR count). The van der Waals surface area contributed by atoms with E-state index in [1.54, 1.807) is 0 Å². The average molecular weight is 233 g/mol. The second-order valence-corrected chi connectivity index (χ2v) is 3.25. The maximum atomic E-state index is 12.5. The Balaban J connectivity index is 3.46. The van der Waals surface area contributed by atoms with Gasteiger partial charge in [-0.3, -0.25) is 0 Å². The van der Waals surface area contributed by atoms with E-state index in [2.05, 4.69) is 5.32 Å². The Morgan fingerprint density at radius 1 is 1.38 bits per heavy atom. The Labute approximate surface area is 89.9 Å². The van der Waals surface area contributed by atoms with Gasteiger partial charge in [0.15, 0.2) is 0 Å². The number of nitrogens with one attached hydrogen (secondary N) is 1. The summed E-state index contributed by atoms with van der Waals surface area (Å²) in [6, 6.07) is 1.53. The van der Waals surface area contributed by atoms with Crippen molar-refractivity contribution in [1.29, 1.82) is 0 Å². The van der Waals surface area contributed by atoms with Crippen LogP contribution in [0.15, 0.2) is 12.1 Å². The van der Waals surface area contributed by atoms with Gasteiger partial charge < -0.3 is 10.4 Å². The second kappa shape index (κ2) is 4.03. The van der Waals surface area contributed by atoms with Gasteiger partial charge in [-0.05, 0) is 24.6 Å². The third-order valence-corrected chi connectivity index (χ3v) is 2.23. The average Bonchev–Trinajstić information content (AvgIpc) is 2.15. The van der Waals surface area contributed by atoms with E-state index in [9.17, 15) is 18.0 Å². The van der Waals surface area contributed by atoms with Crippen molar-refractivity contribution >= 4 is 11.7 Å². The van der Waals surface area contributed by atoms with E-state index >= 15 is 0 Å². The Hall–Kier alpha value is -1.72. The number of hydrogen-bond donors (Lipinski definition) is 2. The number of alkyl halides is 3. The van der Waals surface area contributed by atoms with Crippen LogP contribution >= 0.6 is 0 Å². The maximum Gasteiger partial charge on any atom is 0.416 e. The number of carboxylic acid groups (broad SMARTS) is 1. The molecule has 0 aromatic heterocycles. The lowest BCUT2D eigenvalue weighted by Crippen LogP contribution is -2.11. The zero-order valence-corrected chi connectivity index (χ0v) is 8.64. The summed E-state index contributed by atoms with van der Waals surface area (Å²) in [4.78, 5) is 10.8. The number of carbonyl (C=O) groups is 1. The third-order valence-electron chi connectivity index (χ3n) is 2.23. The summed E-state index contributed by atoms with van der Waals surface area (Å²) in [5, 5.41) is 11.3. The molecule has 0 heterocycles. The maximum absolute atomic E-state index is 12.5. The molecule has 0 amide bonds. The highest BCUT2D eigenvalue weighted by Crippen LogP contribution is 2.33. The van der Waals surface area contributed by atoms with E-state index < -0.39 is 17.7 Å². The van der Waals surface area contributed by atoms with Crippen molar-refractivity contribution in [1.82, 2.24) is 0 Å². The molecule has 0 atom stereocenters. The van der Waals surface area contributed by atoms with Crippen LogP contribution < -0.4 is 5.32 Å². The minimum absolute atomic E-state index is 0.159. The van der Waals surface area contributed by atoms with Crippen molar-refractivity contribution in [3.05, 3.63) is 28.8 Å². The number of carboxylic acids is 1. The van der Waals surface area contributed by atoms with Crippen LogP contribution in [0.3, 0.4) is 0 Å². The number of rotatable bonds is 2. The predicted molar refractivity (Wildman–Crippen MR) is 52.7 cm³/mol. The number of aromatic carboxylic acids is 1. The topological polar surface area (TPSA) is 49.3 Å². The van der Waals surface area contributed by atoms with Crippen LogP contribution in [0.2, 0.25) is 0 Å². The number of halogens is 3. The van der Waals surface area contributed by atoms with Crippen LogP contribution in [0, 0.1) is 6.92 Å². The Bertz CT molecular complexity index is 427. The number of benzene rings is 1. The van der Waals surface area contributed by atoms with E-state index in [4.69, 9.17) is 5.11 Å². The first-order chi connectivity index (χ1) is 7.27. The van der Waals surface area contributed by atoms with Crippen LogP contribution in [0.25, 0.3) is 0 Å². The molecule has 6 heteroatoms. The summed E-state index contributed by atoms with van der Waals surface area (Å²) in [5.74, 6) is -1.37. The van der Waals surface area contributed by atoms with Crippen LogP contribution in [0.5, 0.6) is 0 Å². The molecule has 88 valence electrons. The molecular formula is C10H10F3NO2. The van der Waals surface area contributed by atoms with Crippen molar-refractivity contribution in [2.24, 2.45) is 0 Å². The molecule has 0 unspecified atom stereocenters. The van der Waals surface area contributed by atoms with E-state index in [1.807, 2.05) is 0 Å². The normalized spacial score (nSPS) is 11.3. The first-order valence-corrected chi connectivity index (χ1v) is 4.40. The first kappa shape index (κ1) is 12.4. The molecule has 0 radical (unpaired) electrons. The largest absolute Gasteiger partial charge is 0.478 e. The van der Waals surface area contributed by atoms with Gasteiger partial charge in [0, 0.05) is 12.7 Å². The van der Waals surface area contributed by atoms with Gasteiger partial charge in [-0.1, -0.05) is 0 Å². The van der Waals surface area contributed by atoms with Gasteiger partial charge >= 0.3 is 12.1 Å². The summed E-state index contributed by atoms with van der Waals surface area (Å²) in [6.07, 6.45) is -4.55. The highest BCUT2D eigenvalue weighted by molar-refractivity contribution is 5.91. The van der Waals surface area contributed by atoms with Crippen molar-refractivity contribution in [2.45, 2.75) is 13.1 Å². The van der Waals surface area contributed by atoms with E-state index in [0.717, 1.165) is 6.07 Å². The third kappa shape index (κ3) is 2.26. The van der Waals surface area contributed by atoms with Gasteiger partial charge in [0.2, 0.25) is 0 Å². The first-order valence-electron chi connectivity index (χ1n) is 4.40. The Morgan fingerprint density at radius 3 is 2.31 bits per heavy atom. The molecule has 0 saturated heterocycles. The van der Waals surface area contributed by atoms with E-state index in [-0.39, 0.29) is 16.8 Å². The molecule has 3 nitrogen and oxygen atoms in total. The van der Waals surface area contributed by atoms with Crippen molar-refractivity contribution in [3.63, 3.8) is 0 Å². The molecular weight excluding hydrogens is 223 g/mol. The summed E-state index contributed by atoms with van der Waals surface area (Å²) in [6.45, 7) is 1.45. The lowest BCUT2D eigenvalue weighted by atomic mass is 10.0. The number of hydrogen-bond acceptors (Lipinski definition) is 2. The van der Waals surface area contributed by atoms with Crippen LogP contribution in [0.4, 0.5) is 18.9 Å². The predicted octanol–water partition coefficient (Wildman–Crippen LogP) is 2.75. The molecule has 1 aromatic rings.